The molecule has 0 aromatic carbocycles. The van der Waals surface area contributed by atoms with Crippen molar-refractivity contribution in [1.29, 1.82) is 0 Å². The van der Waals surface area contributed by atoms with Crippen molar-refractivity contribution in [3.63, 3.8) is 0 Å². The lowest BCUT2D eigenvalue weighted by atomic mass is 10.0. The Labute approximate surface area is 505 Å². The zero-order chi connectivity index (χ0) is 61.3. The molecule has 19 heteroatoms. The van der Waals surface area contributed by atoms with Gasteiger partial charge in [-0.1, -0.05) is 272 Å². The molecule has 5 atom stereocenters. The minimum atomic E-state index is -4.94. The quantitative estimate of drug-likeness (QED) is 0.0222. The van der Waals surface area contributed by atoms with Crippen LogP contribution in [0.25, 0.3) is 0 Å². The molecule has 0 aliphatic carbocycles. The number of hydrogen-bond acceptors (Lipinski definition) is 15. The molecule has 0 amide bonds. The third kappa shape index (κ3) is 58.8. The molecule has 0 bridgehead atoms. The first kappa shape index (κ1) is 81.1. The molecule has 0 saturated heterocycles. The highest BCUT2D eigenvalue weighted by Crippen LogP contribution is 2.45. The average Bonchev–Trinajstić information content (AvgIpc) is 3.45. The van der Waals surface area contributed by atoms with Gasteiger partial charge in [-0.15, -0.1) is 0 Å². The summed E-state index contributed by atoms with van der Waals surface area (Å²) in [6.07, 6.45) is 42.3. The van der Waals surface area contributed by atoms with Gasteiger partial charge >= 0.3 is 39.5 Å². The monoisotopic (exact) mass is 1230 g/mol. The van der Waals surface area contributed by atoms with Crippen LogP contribution >= 0.6 is 15.6 Å². The van der Waals surface area contributed by atoms with Crippen molar-refractivity contribution >= 4 is 39.5 Å². The Morgan fingerprint density at radius 2 is 0.554 bits per heavy atom. The molecule has 0 aliphatic rings. The van der Waals surface area contributed by atoms with Crippen LogP contribution in [0, 0.1) is 5.92 Å². The van der Waals surface area contributed by atoms with Gasteiger partial charge in [0.15, 0.2) is 12.2 Å². The summed E-state index contributed by atoms with van der Waals surface area (Å²) in [4.78, 5) is 71.9. The van der Waals surface area contributed by atoms with E-state index in [4.69, 9.17) is 37.0 Å². The molecule has 492 valence electrons. The number of ether oxygens (including phenoxy) is 4. The summed E-state index contributed by atoms with van der Waals surface area (Å²) < 4.78 is 67.7. The maximum absolute atomic E-state index is 13.0. The molecule has 2 unspecified atom stereocenters. The standard InChI is InChI=1S/C64H124O17P2/c1-6-9-12-15-18-19-20-21-22-23-24-25-26-27-28-29-30-33-40-45-50-64(69)81-60(54-75-62(67)48-43-38-35-34-36-41-46-57(4)5)56-79-83(72,73)77-52-58(65)51-76-82(70,71)78-55-59(80-63(68)49-44-39-32-17-14-11-8-3)53-74-61(66)47-42-37-31-16-13-10-7-2/h57-60,65H,6-56H2,1-5H3,(H,70,71)(H,72,73)/t58-,59+,60+/m0/s1. The molecule has 0 aromatic heterocycles. The summed E-state index contributed by atoms with van der Waals surface area (Å²) in [5, 5.41) is 10.5. The van der Waals surface area contributed by atoms with Crippen LogP contribution in [-0.4, -0.2) is 96.7 Å². The molecule has 0 heterocycles. The zero-order valence-corrected chi connectivity index (χ0v) is 55.1. The summed E-state index contributed by atoms with van der Waals surface area (Å²) in [7, 11) is -9.87. The van der Waals surface area contributed by atoms with Gasteiger partial charge in [-0.05, 0) is 31.6 Å². The Bertz CT molecular complexity index is 1620. The van der Waals surface area contributed by atoms with Crippen LogP contribution in [0.5, 0.6) is 0 Å². The summed E-state index contributed by atoms with van der Waals surface area (Å²) in [6, 6.07) is 0. The van der Waals surface area contributed by atoms with Gasteiger partial charge in [0.1, 0.15) is 19.3 Å². The van der Waals surface area contributed by atoms with Crippen LogP contribution in [0.15, 0.2) is 0 Å². The molecule has 0 rings (SSSR count). The average molecular weight is 1230 g/mol. The first-order valence-electron chi connectivity index (χ1n) is 33.6. The van der Waals surface area contributed by atoms with Gasteiger partial charge in [-0.3, -0.25) is 37.3 Å². The number of carbonyl (C=O) groups is 4. The van der Waals surface area contributed by atoms with E-state index < -0.39 is 97.5 Å². The first-order chi connectivity index (χ1) is 40.0. The van der Waals surface area contributed by atoms with Crippen LogP contribution in [0.2, 0.25) is 0 Å². The highest BCUT2D eigenvalue weighted by atomic mass is 31.2. The number of aliphatic hydroxyl groups excluding tert-OH is 1. The summed E-state index contributed by atoms with van der Waals surface area (Å²) in [6.45, 7) is 7.02. The van der Waals surface area contributed by atoms with Gasteiger partial charge in [0, 0.05) is 25.7 Å². The lowest BCUT2D eigenvalue weighted by Crippen LogP contribution is -2.30. The van der Waals surface area contributed by atoms with E-state index in [2.05, 4.69) is 34.6 Å². The number of phosphoric ester groups is 2. The Balaban J connectivity index is 5.08. The van der Waals surface area contributed by atoms with E-state index in [0.717, 1.165) is 122 Å². The SMILES string of the molecule is CCCCCCCCCCCCCCCCCCCCCCC(=O)O[C@H](COC(=O)CCCCCCCCC(C)C)COP(=O)(O)OC[C@@H](O)COP(=O)(O)OC[C@@H](COC(=O)CCCCCCCCC)OC(=O)CCCCCCCCC. The van der Waals surface area contributed by atoms with E-state index in [1.165, 1.54) is 116 Å². The van der Waals surface area contributed by atoms with Crippen molar-refractivity contribution < 1.29 is 80.2 Å². The molecule has 0 spiro atoms. The Morgan fingerprint density at radius 1 is 0.325 bits per heavy atom. The molecule has 0 radical (unpaired) electrons. The lowest BCUT2D eigenvalue weighted by molar-refractivity contribution is -0.161. The lowest BCUT2D eigenvalue weighted by Gasteiger charge is -2.21. The molecule has 3 N–H and O–H groups in total. The molecular weight excluding hydrogens is 1100 g/mol. The number of phosphoric acid groups is 2. The first-order valence-corrected chi connectivity index (χ1v) is 36.6. The maximum atomic E-state index is 13.0. The summed E-state index contributed by atoms with van der Waals surface area (Å²) in [5.41, 5.74) is 0. The minimum absolute atomic E-state index is 0.103. The van der Waals surface area contributed by atoms with Gasteiger partial charge in [-0.25, -0.2) is 9.13 Å². The third-order valence-corrected chi connectivity index (χ3v) is 16.7. The zero-order valence-electron chi connectivity index (χ0n) is 53.3. The number of hydrogen-bond donors (Lipinski definition) is 3. The second-order valence-electron chi connectivity index (χ2n) is 23.6. The highest BCUT2D eigenvalue weighted by Gasteiger charge is 2.30. The van der Waals surface area contributed by atoms with Crippen LogP contribution < -0.4 is 0 Å². The molecule has 17 nitrogen and oxygen atoms in total. The third-order valence-electron chi connectivity index (χ3n) is 14.8. The van der Waals surface area contributed by atoms with Crippen molar-refractivity contribution in [1.82, 2.24) is 0 Å². The van der Waals surface area contributed by atoms with Gasteiger partial charge in [-0.2, -0.15) is 0 Å². The van der Waals surface area contributed by atoms with Gasteiger partial charge in [0.2, 0.25) is 0 Å². The highest BCUT2D eigenvalue weighted by molar-refractivity contribution is 7.47. The van der Waals surface area contributed by atoms with E-state index in [-0.39, 0.29) is 25.7 Å². The number of rotatable bonds is 64. The van der Waals surface area contributed by atoms with Crippen molar-refractivity contribution in [2.75, 3.05) is 39.6 Å². The molecule has 0 saturated carbocycles. The van der Waals surface area contributed by atoms with E-state index in [9.17, 15) is 43.2 Å². The fourth-order valence-electron chi connectivity index (χ4n) is 9.58. The molecular formula is C64H124O17P2. The predicted octanol–water partition coefficient (Wildman–Crippen LogP) is 17.8. The molecule has 83 heavy (non-hydrogen) atoms. The van der Waals surface area contributed by atoms with Crippen molar-refractivity contribution in [2.24, 2.45) is 5.92 Å². The van der Waals surface area contributed by atoms with Crippen molar-refractivity contribution in [2.45, 2.75) is 342 Å². The second kappa shape index (κ2) is 57.8. The smallest absolute Gasteiger partial charge is 0.462 e. The molecule has 0 fully saturated rings. The second-order valence-corrected chi connectivity index (χ2v) is 26.5. The van der Waals surface area contributed by atoms with Gasteiger partial charge in [0.25, 0.3) is 0 Å². The van der Waals surface area contributed by atoms with Crippen LogP contribution in [-0.2, 0) is 65.4 Å². The van der Waals surface area contributed by atoms with E-state index in [1.54, 1.807) is 0 Å². The molecule has 0 aliphatic heterocycles. The van der Waals surface area contributed by atoms with Crippen LogP contribution in [0.4, 0.5) is 0 Å². The van der Waals surface area contributed by atoms with Gasteiger partial charge in [0.05, 0.1) is 26.4 Å². The Hall–Kier alpha value is -1.94. The fourth-order valence-corrected chi connectivity index (χ4v) is 11.2. The number of unbranched alkanes of at least 4 members (excludes halogenated alkanes) is 36. The largest absolute Gasteiger partial charge is 0.472 e. The Morgan fingerprint density at radius 3 is 0.819 bits per heavy atom. The minimum Gasteiger partial charge on any atom is -0.462 e. The fraction of sp³-hybridized carbons (Fsp3) is 0.938. The topological polar surface area (TPSA) is 237 Å². The van der Waals surface area contributed by atoms with Gasteiger partial charge < -0.3 is 33.8 Å². The summed E-state index contributed by atoms with van der Waals surface area (Å²) >= 11 is 0. The summed E-state index contributed by atoms with van der Waals surface area (Å²) in [5.74, 6) is -1.47. The van der Waals surface area contributed by atoms with E-state index in [1.807, 2.05) is 0 Å². The van der Waals surface area contributed by atoms with E-state index in [0.29, 0.717) is 31.6 Å². The van der Waals surface area contributed by atoms with Crippen LogP contribution in [0.3, 0.4) is 0 Å². The predicted molar refractivity (Wildman–Crippen MR) is 331 cm³/mol. The van der Waals surface area contributed by atoms with Crippen molar-refractivity contribution in [3.05, 3.63) is 0 Å². The maximum Gasteiger partial charge on any atom is 0.472 e. The number of aliphatic hydroxyl groups is 1. The normalized spacial score (nSPS) is 14.2. The van der Waals surface area contributed by atoms with E-state index >= 15 is 0 Å². The van der Waals surface area contributed by atoms with Crippen LogP contribution in [0.1, 0.15) is 324 Å². The Kier molecular flexibility index (Phi) is 56.4. The van der Waals surface area contributed by atoms with Crippen molar-refractivity contribution in [3.8, 4) is 0 Å². The number of carbonyl (C=O) groups excluding carboxylic acids is 4. The molecule has 0 aromatic rings. The number of esters is 4.